The first-order valence-electron chi connectivity index (χ1n) is 3.73. The van der Waals surface area contributed by atoms with Gasteiger partial charge in [0, 0.05) is 5.57 Å². The van der Waals surface area contributed by atoms with E-state index < -0.39 is 0 Å². The van der Waals surface area contributed by atoms with Crippen LogP contribution in [-0.2, 0) is 0 Å². The predicted octanol–water partition coefficient (Wildman–Crippen LogP) is 0.478. The van der Waals surface area contributed by atoms with Gasteiger partial charge in [-0.05, 0) is 24.1 Å². The summed E-state index contributed by atoms with van der Waals surface area (Å²) in [4.78, 5) is 0. The van der Waals surface area contributed by atoms with Crippen molar-refractivity contribution in [2.45, 2.75) is 0 Å². The minimum Gasteiger partial charge on any atom is -0.123 e. The molecule has 1 atom stereocenters. The van der Waals surface area contributed by atoms with Crippen molar-refractivity contribution in [1.29, 1.82) is 0 Å². The molecule has 58 valence electrons. The molecule has 0 nitrogen and oxygen atoms in total. The van der Waals surface area contributed by atoms with Gasteiger partial charge < -0.3 is 0 Å². The first-order chi connectivity index (χ1) is 6.33. The molecule has 0 bridgehead atoms. The summed E-state index contributed by atoms with van der Waals surface area (Å²) in [5.41, 5.74) is 3.30. The largest absolute Gasteiger partial charge is 0.123 e. The molecule has 0 spiro atoms. The fourth-order valence-corrected chi connectivity index (χ4v) is 2.00. The van der Waals surface area contributed by atoms with Gasteiger partial charge >= 0.3 is 0 Å². The average molecular weight is 178 g/mol. The number of terminal acetylenes is 1. The van der Waals surface area contributed by atoms with Crippen molar-refractivity contribution >= 4 is 14.3 Å². The maximum atomic E-state index is 7.08. The summed E-state index contributed by atoms with van der Waals surface area (Å²) < 4.78 is 0. The Labute approximate surface area is 81.2 Å². The Hall–Kier alpha value is -1.75. The zero-order valence-electron chi connectivity index (χ0n) is 6.96. The molecule has 0 aromatic heterocycles. The van der Waals surface area contributed by atoms with E-state index in [1.807, 2.05) is 12.2 Å². The molecule has 0 fully saturated rings. The van der Waals surface area contributed by atoms with Crippen molar-refractivity contribution in [3.8, 4) is 23.8 Å². The zero-order valence-corrected chi connectivity index (χ0v) is 8.12. The Bertz CT molecular complexity index is 414. The Morgan fingerprint density at radius 3 is 2.77 bits per heavy atom. The lowest BCUT2D eigenvalue weighted by Crippen LogP contribution is -2.18. The molecular formula is C12H6Si. The molecule has 0 aliphatic heterocycles. The van der Waals surface area contributed by atoms with Crippen molar-refractivity contribution in [3.05, 3.63) is 36.6 Å². The van der Waals surface area contributed by atoms with Gasteiger partial charge in [-0.1, -0.05) is 24.0 Å². The topological polar surface area (TPSA) is 0 Å². The summed E-state index contributed by atoms with van der Waals surface area (Å²) >= 11 is 0. The Balaban J connectivity index is 3.17. The molecule has 0 amide bonds. The van der Waals surface area contributed by atoms with Crippen LogP contribution in [-0.4, -0.2) is 14.3 Å². The van der Waals surface area contributed by atoms with Crippen LogP contribution in [0.1, 0.15) is 0 Å². The van der Waals surface area contributed by atoms with Crippen molar-refractivity contribution in [2.75, 3.05) is 0 Å². The Morgan fingerprint density at radius 2 is 2.23 bits per heavy atom. The average Bonchev–Trinajstić information content (AvgIpc) is 2.18. The minimum atomic E-state index is -0.291. The van der Waals surface area contributed by atoms with Crippen LogP contribution in [0, 0.1) is 42.6 Å². The van der Waals surface area contributed by atoms with Crippen molar-refractivity contribution < 1.29 is 0 Å². The second-order valence-electron chi connectivity index (χ2n) is 2.48. The molecule has 1 aliphatic rings. The van der Waals surface area contributed by atoms with E-state index in [1.165, 1.54) is 0 Å². The highest BCUT2D eigenvalue weighted by Crippen LogP contribution is 2.13. The summed E-state index contributed by atoms with van der Waals surface area (Å²) in [6, 6.07) is 0. The molecular weight excluding hydrogens is 172 g/mol. The van der Waals surface area contributed by atoms with Crippen LogP contribution in [0.4, 0.5) is 0 Å². The summed E-state index contributed by atoms with van der Waals surface area (Å²) in [7, 11) is -0.291. The standard InChI is InChI=1S/C12H6Si/c1-4-10-8-7-9-11(5-2)12(10)13-6-3/h3,7-10,13H. The van der Waals surface area contributed by atoms with Crippen LogP contribution >= 0.6 is 0 Å². The first kappa shape index (κ1) is 9.34. The van der Waals surface area contributed by atoms with Crippen LogP contribution < -0.4 is 0 Å². The normalized spacial score (nSPS) is 22.7. The zero-order chi connectivity index (χ0) is 9.68. The molecule has 1 heteroatoms. The van der Waals surface area contributed by atoms with Crippen LogP contribution in [0.25, 0.3) is 0 Å². The molecule has 13 heavy (non-hydrogen) atoms. The van der Waals surface area contributed by atoms with E-state index in [0.717, 1.165) is 5.17 Å². The van der Waals surface area contributed by atoms with Crippen molar-refractivity contribution in [3.63, 3.8) is 0 Å². The van der Waals surface area contributed by atoms with Crippen LogP contribution in [0.5, 0.6) is 0 Å². The van der Waals surface area contributed by atoms with Gasteiger partial charge in [0.2, 0.25) is 0 Å². The van der Waals surface area contributed by atoms with E-state index in [0.29, 0.717) is 5.57 Å². The summed E-state index contributed by atoms with van der Waals surface area (Å²) in [5.74, 6) is 4.57. The fourth-order valence-electron chi connectivity index (χ4n) is 1.13. The van der Waals surface area contributed by atoms with Gasteiger partial charge in [0.25, 0.3) is 0 Å². The SMILES string of the molecule is [C]#CC1=CC=CC(C#[C])C1=[SiH]C#C. The monoisotopic (exact) mass is 178 g/mol. The highest BCUT2D eigenvalue weighted by molar-refractivity contribution is 6.65. The summed E-state index contributed by atoms with van der Waals surface area (Å²) in [5, 5.41) is 0.940. The number of hydrogen-bond donors (Lipinski definition) is 0. The second-order valence-corrected chi connectivity index (χ2v) is 3.72. The van der Waals surface area contributed by atoms with E-state index in [2.05, 4.69) is 17.4 Å². The molecule has 0 saturated carbocycles. The van der Waals surface area contributed by atoms with Gasteiger partial charge in [0.1, 0.15) is 0 Å². The third kappa shape index (κ3) is 1.88. The lowest BCUT2D eigenvalue weighted by molar-refractivity contribution is 1.20. The molecule has 1 aliphatic carbocycles. The summed E-state index contributed by atoms with van der Waals surface area (Å²) in [6.45, 7) is 0. The lowest BCUT2D eigenvalue weighted by Gasteiger charge is -2.13. The molecule has 0 aromatic rings. The number of hydrogen-bond acceptors (Lipinski definition) is 0. The van der Waals surface area contributed by atoms with E-state index in [4.69, 9.17) is 19.3 Å². The number of rotatable bonds is 0. The molecule has 1 rings (SSSR count). The minimum absolute atomic E-state index is 0.149. The number of allylic oxidation sites excluding steroid dienone is 4. The van der Waals surface area contributed by atoms with Crippen LogP contribution in [0.2, 0.25) is 0 Å². The van der Waals surface area contributed by atoms with Crippen molar-refractivity contribution in [2.24, 2.45) is 5.92 Å². The molecule has 2 radical (unpaired) electrons. The van der Waals surface area contributed by atoms with Crippen LogP contribution in [0.15, 0.2) is 23.8 Å². The van der Waals surface area contributed by atoms with Gasteiger partial charge in [-0.25, -0.2) is 0 Å². The molecule has 0 heterocycles. The quantitative estimate of drug-likeness (QED) is 0.374. The lowest BCUT2D eigenvalue weighted by atomic mass is 9.95. The fraction of sp³-hybridized carbons (Fsp3) is 0.0833. The maximum Gasteiger partial charge on any atom is 0.0930 e. The highest BCUT2D eigenvalue weighted by atomic mass is 28.2. The van der Waals surface area contributed by atoms with Crippen molar-refractivity contribution in [1.82, 2.24) is 0 Å². The van der Waals surface area contributed by atoms with E-state index in [-0.39, 0.29) is 15.0 Å². The molecule has 0 N–H and O–H groups in total. The van der Waals surface area contributed by atoms with Crippen LogP contribution in [0.3, 0.4) is 0 Å². The maximum absolute atomic E-state index is 7.08. The third-order valence-corrected chi connectivity index (χ3v) is 2.89. The van der Waals surface area contributed by atoms with E-state index in [1.54, 1.807) is 6.08 Å². The third-order valence-electron chi connectivity index (χ3n) is 1.74. The Kier molecular flexibility index (Phi) is 3.10. The van der Waals surface area contributed by atoms with Gasteiger partial charge in [-0.2, -0.15) is 0 Å². The molecule has 1 unspecified atom stereocenters. The molecule has 0 aromatic carbocycles. The van der Waals surface area contributed by atoms with Gasteiger partial charge in [-0.15, -0.1) is 12.0 Å². The second kappa shape index (κ2) is 4.32. The van der Waals surface area contributed by atoms with Gasteiger partial charge in [0.05, 0.1) is 15.0 Å². The predicted molar refractivity (Wildman–Crippen MR) is 56.0 cm³/mol. The smallest absolute Gasteiger partial charge is 0.0930 e. The highest BCUT2D eigenvalue weighted by Gasteiger charge is 2.13. The van der Waals surface area contributed by atoms with E-state index in [9.17, 15) is 0 Å². The Morgan fingerprint density at radius 1 is 1.46 bits per heavy atom. The molecule has 0 saturated heterocycles. The summed E-state index contributed by atoms with van der Waals surface area (Å²) in [6.07, 6.45) is 24.8. The first-order valence-corrected chi connectivity index (χ1v) is 4.89. The van der Waals surface area contributed by atoms with Gasteiger partial charge in [0.15, 0.2) is 0 Å². The van der Waals surface area contributed by atoms with E-state index >= 15 is 0 Å². The van der Waals surface area contributed by atoms with Gasteiger partial charge in [-0.3, -0.25) is 0 Å².